The molecule has 0 amide bonds. The smallest absolute Gasteiger partial charge is 0.143 e. The monoisotopic (exact) mass is 716 g/mol. The number of nitrogens with zero attached hydrogens (tertiary/aromatic N) is 2. The van der Waals surface area contributed by atoms with Crippen molar-refractivity contribution in [3.8, 4) is 22.3 Å². The number of furan rings is 2. The molecule has 0 saturated heterocycles. The maximum absolute atomic E-state index is 6.42. The van der Waals surface area contributed by atoms with Crippen LogP contribution in [0.2, 0.25) is 0 Å². The summed E-state index contributed by atoms with van der Waals surface area (Å²) in [4.78, 5) is 2.34. The van der Waals surface area contributed by atoms with Gasteiger partial charge in [-0.25, -0.2) is 0 Å². The molecule has 0 N–H and O–H groups in total. The normalized spacial score (nSPS) is 11.9. The summed E-state index contributed by atoms with van der Waals surface area (Å²) in [6.45, 7) is 0. The number of rotatable bonds is 5. The van der Waals surface area contributed by atoms with Crippen molar-refractivity contribution in [3.05, 3.63) is 194 Å². The molecule has 56 heavy (non-hydrogen) atoms. The molecule has 262 valence electrons. The first-order valence-corrected chi connectivity index (χ1v) is 19.0. The van der Waals surface area contributed by atoms with Crippen LogP contribution in [0.3, 0.4) is 0 Å². The van der Waals surface area contributed by atoms with E-state index in [1.165, 1.54) is 27.8 Å². The Labute approximate surface area is 321 Å². The van der Waals surface area contributed by atoms with Gasteiger partial charge in [-0.05, 0) is 118 Å². The first-order chi connectivity index (χ1) is 27.7. The minimum atomic E-state index is 0.906. The van der Waals surface area contributed by atoms with Gasteiger partial charge in [0, 0.05) is 72.9 Å². The molecule has 0 aliphatic carbocycles. The van der Waals surface area contributed by atoms with Crippen molar-refractivity contribution < 1.29 is 8.83 Å². The highest BCUT2D eigenvalue weighted by Gasteiger charge is 2.18. The first kappa shape index (κ1) is 30.9. The van der Waals surface area contributed by atoms with Gasteiger partial charge in [0.15, 0.2) is 0 Å². The lowest BCUT2D eigenvalue weighted by Gasteiger charge is -2.26. The second-order valence-electron chi connectivity index (χ2n) is 14.6. The van der Waals surface area contributed by atoms with Gasteiger partial charge in [-0.1, -0.05) is 91.0 Å². The average Bonchev–Trinajstić information content (AvgIpc) is 3.98. The van der Waals surface area contributed by atoms with Crippen LogP contribution in [0.4, 0.5) is 17.1 Å². The molecule has 12 aromatic rings. The summed E-state index contributed by atoms with van der Waals surface area (Å²) in [5.41, 5.74) is 12.8. The molecular formula is C52H32N2O2. The summed E-state index contributed by atoms with van der Waals surface area (Å²) in [5, 5.41) is 8.98. The van der Waals surface area contributed by atoms with Gasteiger partial charge < -0.3 is 18.1 Å². The van der Waals surface area contributed by atoms with E-state index in [0.717, 1.165) is 82.5 Å². The number of pyridine rings is 1. The zero-order valence-corrected chi connectivity index (χ0v) is 30.2. The lowest BCUT2D eigenvalue weighted by molar-refractivity contribution is 0.672. The van der Waals surface area contributed by atoms with Gasteiger partial charge >= 0.3 is 0 Å². The van der Waals surface area contributed by atoms with Gasteiger partial charge in [-0.15, -0.1) is 0 Å². The molecule has 0 unspecified atom stereocenters. The predicted molar refractivity (Wildman–Crippen MR) is 233 cm³/mol. The minimum Gasteiger partial charge on any atom is -0.455 e. The molecule has 4 aromatic heterocycles. The van der Waals surface area contributed by atoms with Crippen LogP contribution in [-0.4, -0.2) is 4.40 Å². The fourth-order valence-electron chi connectivity index (χ4n) is 8.59. The Balaban J connectivity index is 0.964. The molecule has 0 radical (unpaired) electrons. The number of benzene rings is 8. The van der Waals surface area contributed by atoms with E-state index in [-0.39, 0.29) is 0 Å². The van der Waals surface area contributed by atoms with E-state index in [9.17, 15) is 0 Å². The van der Waals surface area contributed by atoms with Crippen molar-refractivity contribution in [2.24, 2.45) is 0 Å². The average molecular weight is 717 g/mol. The number of hydrogen-bond donors (Lipinski definition) is 0. The molecule has 0 aliphatic rings. The van der Waals surface area contributed by atoms with Crippen molar-refractivity contribution in [1.82, 2.24) is 4.40 Å². The van der Waals surface area contributed by atoms with E-state index in [4.69, 9.17) is 8.83 Å². The highest BCUT2D eigenvalue weighted by Crippen LogP contribution is 2.42. The largest absolute Gasteiger partial charge is 0.455 e. The Kier molecular flexibility index (Phi) is 6.60. The molecular weight excluding hydrogens is 685 g/mol. The standard InChI is InChI=1S/C52H32N2O2/c1-3-10-49-45(8-1)47-24-18-36-29-41(22-26-43(36)51(47)55-49)54(42-23-27-44-37(30-42)19-25-48-46-9-2-4-11-50(46)56-52(44)48)39-20-16-34(17-21-39)33-12-14-35(15-13-33)38-31-40-7-5-6-28-53(40)32-38/h1-32H. The number of hydrogen-bond acceptors (Lipinski definition) is 3. The van der Waals surface area contributed by atoms with Crippen molar-refractivity contribution in [1.29, 1.82) is 0 Å². The maximum Gasteiger partial charge on any atom is 0.143 e. The Morgan fingerprint density at radius 3 is 1.41 bits per heavy atom. The van der Waals surface area contributed by atoms with E-state index in [1.54, 1.807) is 0 Å². The summed E-state index contributed by atoms with van der Waals surface area (Å²) in [6, 6.07) is 64.9. The van der Waals surface area contributed by atoms with E-state index < -0.39 is 0 Å². The highest BCUT2D eigenvalue weighted by molar-refractivity contribution is 6.17. The Morgan fingerprint density at radius 1 is 0.357 bits per heavy atom. The van der Waals surface area contributed by atoms with Crippen LogP contribution in [0.1, 0.15) is 0 Å². The van der Waals surface area contributed by atoms with Crippen molar-refractivity contribution in [3.63, 3.8) is 0 Å². The molecule has 0 bridgehead atoms. The van der Waals surface area contributed by atoms with Gasteiger partial charge in [0.25, 0.3) is 0 Å². The molecule has 0 atom stereocenters. The molecule has 12 rings (SSSR count). The van der Waals surface area contributed by atoms with Crippen LogP contribution in [0.5, 0.6) is 0 Å². The molecule has 0 aliphatic heterocycles. The van der Waals surface area contributed by atoms with Crippen LogP contribution in [0.25, 0.3) is 93.2 Å². The van der Waals surface area contributed by atoms with E-state index in [2.05, 4.69) is 179 Å². The molecule has 0 spiro atoms. The lowest BCUT2D eigenvalue weighted by Crippen LogP contribution is -2.10. The number of aromatic nitrogens is 1. The van der Waals surface area contributed by atoms with Gasteiger partial charge in [-0.3, -0.25) is 0 Å². The number of anilines is 3. The minimum absolute atomic E-state index is 0.906. The predicted octanol–water partition coefficient (Wildman–Crippen LogP) is 14.8. The molecule has 0 saturated carbocycles. The van der Waals surface area contributed by atoms with Crippen molar-refractivity contribution in [2.45, 2.75) is 0 Å². The molecule has 4 heteroatoms. The SMILES string of the molecule is c1ccc2c(c1)oc1c3ccc(N(c4ccc(-c5ccc(-c6cc7ccccn7c6)cc5)cc4)c4ccc5c(ccc6c7ccccc7oc56)c4)cc3ccc21. The fraction of sp³-hybridized carbons (Fsp3) is 0. The van der Waals surface area contributed by atoms with Crippen LogP contribution in [0.15, 0.2) is 203 Å². The Morgan fingerprint density at radius 2 is 0.839 bits per heavy atom. The molecule has 4 nitrogen and oxygen atoms in total. The fourth-order valence-corrected chi connectivity index (χ4v) is 8.59. The van der Waals surface area contributed by atoms with Crippen LogP contribution in [-0.2, 0) is 0 Å². The third-order valence-corrected chi connectivity index (χ3v) is 11.4. The lowest BCUT2D eigenvalue weighted by atomic mass is 10.0. The van der Waals surface area contributed by atoms with Crippen LogP contribution in [0, 0.1) is 0 Å². The van der Waals surface area contributed by atoms with Gasteiger partial charge in [-0.2, -0.15) is 0 Å². The summed E-state index contributed by atoms with van der Waals surface area (Å²) < 4.78 is 15.0. The van der Waals surface area contributed by atoms with Crippen molar-refractivity contribution >= 4 is 88.0 Å². The molecule has 8 aromatic carbocycles. The highest BCUT2D eigenvalue weighted by atomic mass is 16.3. The van der Waals surface area contributed by atoms with Crippen LogP contribution >= 0.6 is 0 Å². The summed E-state index contributed by atoms with van der Waals surface area (Å²) in [7, 11) is 0. The van der Waals surface area contributed by atoms with Gasteiger partial charge in [0.1, 0.15) is 22.3 Å². The second-order valence-corrected chi connectivity index (χ2v) is 14.6. The van der Waals surface area contributed by atoms with Gasteiger partial charge in [0.2, 0.25) is 0 Å². The van der Waals surface area contributed by atoms with Gasteiger partial charge in [0.05, 0.1) is 0 Å². The zero-order valence-electron chi connectivity index (χ0n) is 30.2. The second kappa shape index (κ2) is 12.0. The quantitative estimate of drug-likeness (QED) is 0.178. The van der Waals surface area contributed by atoms with Crippen LogP contribution < -0.4 is 4.90 Å². The number of para-hydroxylation sites is 2. The third-order valence-electron chi connectivity index (χ3n) is 11.4. The maximum atomic E-state index is 6.42. The van der Waals surface area contributed by atoms with Crippen molar-refractivity contribution in [2.75, 3.05) is 4.90 Å². The summed E-state index contributed by atoms with van der Waals surface area (Å²) in [5.74, 6) is 0. The Hall–Kier alpha value is -7.56. The zero-order chi connectivity index (χ0) is 36.7. The number of fused-ring (bicyclic) bond motifs is 11. The molecule has 4 heterocycles. The van der Waals surface area contributed by atoms with E-state index >= 15 is 0 Å². The first-order valence-electron chi connectivity index (χ1n) is 19.0. The molecule has 0 fully saturated rings. The van der Waals surface area contributed by atoms with E-state index in [1.807, 2.05) is 24.3 Å². The Bertz CT molecular complexity index is 3290. The summed E-state index contributed by atoms with van der Waals surface area (Å²) >= 11 is 0. The topological polar surface area (TPSA) is 33.9 Å². The third kappa shape index (κ3) is 4.79. The summed E-state index contributed by atoms with van der Waals surface area (Å²) in [6.07, 6.45) is 4.28. The van der Waals surface area contributed by atoms with E-state index in [0.29, 0.717) is 0 Å².